The Labute approximate surface area is 281 Å². The lowest BCUT2D eigenvalue weighted by Crippen LogP contribution is -2.27. The fraction of sp³-hybridized carbons (Fsp3) is 0.333. The van der Waals surface area contributed by atoms with Gasteiger partial charge in [0.15, 0.2) is 0 Å². The first kappa shape index (κ1) is 34.1. The Morgan fingerprint density at radius 3 is 1.38 bits per heavy atom. The summed E-state index contributed by atoms with van der Waals surface area (Å²) in [6.45, 7) is 13.6. The summed E-state index contributed by atoms with van der Waals surface area (Å²) in [6, 6.07) is 23.0. The van der Waals surface area contributed by atoms with E-state index in [-0.39, 0.29) is 11.8 Å². The molecule has 12 nitrogen and oxygen atoms in total. The van der Waals surface area contributed by atoms with Crippen LogP contribution in [-0.2, 0) is 9.59 Å². The van der Waals surface area contributed by atoms with Crippen molar-refractivity contribution in [3.8, 4) is 33.9 Å². The highest BCUT2D eigenvalue weighted by Crippen LogP contribution is 2.25. The molecule has 2 heterocycles. The van der Waals surface area contributed by atoms with Crippen LogP contribution < -0.4 is 10.6 Å². The van der Waals surface area contributed by atoms with E-state index < -0.39 is 0 Å². The van der Waals surface area contributed by atoms with Gasteiger partial charge in [0, 0.05) is 48.4 Å². The Morgan fingerprint density at radius 2 is 1.00 bits per heavy atom. The second kappa shape index (κ2) is 16.6. The van der Waals surface area contributed by atoms with Gasteiger partial charge in [-0.2, -0.15) is 0 Å². The quantitative estimate of drug-likeness (QED) is 0.143. The van der Waals surface area contributed by atoms with Gasteiger partial charge in [-0.1, -0.05) is 56.3 Å². The van der Waals surface area contributed by atoms with Crippen LogP contribution in [0.5, 0.6) is 0 Å². The average Bonchev–Trinajstić information content (AvgIpc) is 3.82. The van der Waals surface area contributed by atoms with Crippen molar-refractivity contribution < 1.29 is 9.59 Å². The molecular formula is C36H44N10O2. The van der Waals surface area contributed by atoms with E-state index in [9.17, 15) is 9.59 Å². The average molecular weight is 649 g/mol. The van der Waals surface area contributed by atoms with Gasteiger partial charge in [-0.3, -0.25) is 9.59 Å². The Kier molecular flexibility index (Phi) is 11.8. The molecule has 0 aliphatic rings. The van der Waals surface area contributed by atoms with Crippen molar-refractivity contribution in [2.24, 2.45) is 0 Å². The fourth-order valence-electron chi connectivity index (χ4n) is 5.32. The molecule has 0 aliphatic carbocycles. The number of nitrogens with zero attached hydrogens (tertiary/aromatic N) is 8. The van der Waals surface area contributed by atoms with Gasteiger partial charge in [0.1, 0.15) is 11.4 Å². The van der Waals surface area contributed by atoms with Crippen LogP contribution in [0.4, 0.5) is 11.4 Å². The molecule has 5 aromatic rings. The van der Waals surface area contributed by atoms with Gasteiger partial charge in [-0.25, -0.2) is 9.36 Å². The minimum atomic E-state index is -0.00202. The molecule has 2 aromatic heterocycles. The lowest BCUT2D eigenvalue weighted by Gasteiger charge is -2.17. The molecule has 0 bridgehead atoms. The molecule has 48 heavy (non-hydrogen) atoms. The number of hydrogen-bond acceptors (Lipinski definition) is 8. The molecule has 0 aliphatic heterocycles. The number of aromatic nitrogens is 6. The number of hydrogen-bond donors (Lipinski definition) is 2. The predicted molar refractivity (Wildman–Crippen MR) is 189 cm³/mol. The first-order chi connectivity index (χ1) is 23.4. The van der Waals surface area contributed by atoms with E-state index in [1.54, 1.807) is 9.36 Å². The van der Waals surface area contributed by atoms with E-state index in [4.69, 9.17) is 0 Å². The molecule has 0 unspecified atom stereocenters. The first-order valence-electron chi connectivity index (χ1n) is 16.6. The maximum atomic E-state index is 12.4. The third-order valence-corrected chi connectivity index (χ3v) is 8.37. The Bertz CT molecular complexity index is 1640. The maximum Gasteiger partial charge on any atom is 0.225 e. The summed E-state index contributed by atoms with van der Waals surface area (Å²) in [5.74, 6) is -0.00404. The van der Waals surface area contributed by atoms with E-state index in [0.717, 1.165) is 73.1 Å². The summed E-state index contributed by atoms with van der Waals surface area (Å²) >= 11 is 0. The Hall–Kier alpha value is -5.20. The number of benzene rings is 3. The number of anilines is 2. The predicted octanol–water partition coefficient (Wildman–Crippen LogP) is 5.52. The van der Waals surface area contributed by atoms with Crippen LogP contribution in [0.25, 0.3) is 33.9 Å². The van der Waals surface area contributed by atoms with E-state index in [2.05, 4.69) is 68.8 Å². The van der Waals surface area contributed by atoms with Crippen LogP contribution in [0, 0.1) is 0 Å². The van der Waals surface area contributed by atoms with Crippen molar-refractivity contribution in [3.05, 3.63) is 85.2 Å². The topological polar surface area (TPSA) is 126 Å². The summed E-state index contributed by atoms with van der Waals surface area (Å²) in [5, 5.41) is 23.4. The highest BCUT2D eigenvalue weighted by Gasteiger charge is 2.12. The zero-order chi connectivity index (χ0) is 33.9. The lowest BCUT2D eigenvalue weighted by molar-refractivity contribution is -0.117. The number of nitrogens with one attached hydrogen (secondary N) is 2. The van der Waals surface area contributed by atoms with Crippen molar-refractivity contribution in [3.63, 3.8) is 0 Å². The lowest BCUT2D eigenvalue weighted by atomic mass is 10.1. The van der Waals surface area contributed by atoms with Gasteiger partial charge < -0.3 is 20.4 Å². The second-order valence-corrected chi connectivity index (χ2v) is 11.4. The molecule has 3 aromatic carbocycles. The van der Waals surface area contributed by atoms with Gasteiger partial charge >= 0.3 is 0 Å². The summed E-state index contributed by atoms with van der Waals surface area (Å²) < 4.78 is 3.42. The van der Waals surface area contributed by atoms with Crippen LogP contribution in [-0.4, -0.2) is 90.9 Å². The molecular weight excluding hydrogens is 604 g/mol. The molecule has 5 rings (SSSR count). The van der Waals surface area contributed by atoms with Crippen molar-refractivity contribution >= 4 is 23.2 Å². The molecule has 0 radical (unpaired) electrons. The Morgan fingerprint density at radius 1 is 0.604 bits per heavy atom. The van der Waals surface area contributed by atoms with Gasteiger partial charge in [0.2, 0.25) is 11.8 Å². The highest BCUT2D eigenvalue weighted by atomic mass is 16.2. The standard InChI is InChI=1S/C36H44N10O2/c1-5-43(6-2)22-20-35(47)37-29-12-16-31(17-13-29)45-25-33(39-41-45)27-10-9-11-28(24-27)34-26-46(42-40-34)32-18-14-30(15-19-32)38-36(48)21-23-44(7-3)8-4/h9-19,24-26H,5-8,20-23H2,1-4H3,(H,37,47)(H,38,48). The zero-order valence-corrected chi connectivity index (χ0v) is 28.1. The molecule has 0 fully saturated rings. The maximum absolute atomic E-state index is 12.4. The number of rotatable bonds is 16. The molecule has 0 saturated carbocycles. The molecule has 0 atom stereocenters. The third kappa shape index (κ3) is 8.99. The number of amides is 2. The zero-order valence-electron chi connectivity index (χ0n) is 28.1. The second-order valence-electron chi connectivity index (χ2n) is 11.4. The number of carbonyl (C=O) groups is 2. The molecule has 2 N–H and O–H groups in total. The molecule has 250 valence electrons. The van der Waals surface area contributed by atoms with Crippen LogP contribution in [0.15, 0.2) is 85.2 Å². The van der Waals surface area contributed by atoms with Gasteiger partial charge in [0.25, 0.3) is 0 Å². The summed E-state index contributed by atoms with van der Waals surface area (Å²) in [5.41, 5.74) is 6.37. The van der Waals surface area contributed by atoms with E-state index in [0.29, 0.717) is 24.2 Å². The van der Waals surface area contributed by atoms with Gasteiger partial charge in [-0.15, -0.1) is 10.2 Å². The van der Waals surface area contributed by atoms with Crippen LogP contribution in [0.3, 0.4) is 0 Å². The Balaban J connectivity index is 1.19. The minimum absolute atomic E-state index is 0.00202. The third-order valence-electron chi connectivity index (χ3n) is 8.37. The molecule has 2 amide bonds. The molecule has 12 heteroatoms. The van der Waals surface area contributed by atoms with Gasteiger partial charge in [0.05, 0.1) is 23.8 Å². The van der Waals surface area contributed by atoms with Crippen molar-refractivity contribution in [1.29, 1.82) is 0 Å². The monoisotopic (exact) mass is 648 g/mol. The normalized spacial score (nSPS) is 11.3. The first-order valence-corrected chi connectivity index (χ1v) is 16.6. The molecule has 0 spiro atoms. The summed E-state index contributed by atoms with van der Waals surface area (Å²) in [4.78, 5) is 29.2. The van der Waals surface area contributed by atoms with Crippen LogP contribution in [0.2, 0.25) is 0 Å². The minimum Gasteiger partial charge on any atom is -0.326 e. The van der Waals surface area contributed by atoms with E-state index >= 15 is 0 Å². The molecule has 0 saturated heterocycles. The summed E-state index contributed by atoms with van der Waals surface area (Å²) in [6.07, 6.45) is 4.66. The smallest absolute Gasteiger partial charge is 0.225 e. The van der Waals surface area contributed by atoms with Crippen LogP contribution >= 0.6 is 0 Å². The van der Waals surface area contributed by atoms with E-state index in [1.165, 1.54) is 0 Å². The summed E-state index contributed by atoms with van der Waals surface area (Å²) in [7, 11) is 0. The van der Waals surface area contributed by atoms with Crippen molar-refractivity contribution in [2.45, 2.75) is 40.5 Å². The number of carbonyl (C=O) groups excluding carboxylic acids is 2. The largest absolute Gasteiger partial charge is 0.326 e. The SMILES string of the molecule is CCN(CC)CCC(=O)Nc1ccc(-n2cc(-c3cccc(-c4cn(-c5ccc(NC(=O)CCN(CC)CC)cc5)nn4)c3)nn2)cc1. The van der Waals surface area contributed by atoms with Crippen molar-refractivity contribution in [2.75, 3.05) is 49.9 Å². The van der Waals surface area contributed by atoms with Crippen LogP contribution in [0.1, 0.15) is 40.5 Å². The highest BCUT2D eigenvalue weighted by molar-refractivity contribution is 5.91. The van der Waals surface area contributed by atoms with E-state index in [1.807, 2.05) is 85.2 Å². The van der Waals surface area contributed by atoms with Gasteiger partial charge in [-0.05, 0) is 80.8 Å². The fourth-order valence-corrected chi connectivity index (χ4v) is 5.32. The van der Waals surface area contributed by atoms with Crippen molar-refractivity contribution in [1.82, 2.24) is 39.8 Å².